The molecule has 1 saturated heterocycles. The van der Waals surface area contributed by atoms with Crippen molar-refractivity contribution in [3.05, 3.63) is 36.5 Å². The smallest absolute Gasteiger partial charge is 0.306 e. The van der Waals surface area contributed by atoms with Gasteiger partial charge in [-0.15, -0.1) is 0 Å². The third-order valence-electron chi connectivity index (χ3n) is 8.86. The quantitative estimate of drug-likeness (QED) is 0.0320. The maximum atomic E-state index is 12.1. The van der Waals surface area contributed by atoms with Crippen LogP contribution in [-0.2, 0) is 23.8 Å². The molecule has 0 amide bonds. The van der Waals surface area contributed by atoms with Crippen LogP contribution in [0.4, 0.5) is 0 Å². The van der Waals surface area contributed by atoms with E-state index in [9.17, 15) is 14.7 Å². The number of ether oxygens (including phenoxy) is 3. The summed E-state index contributed by atoms with van der Waals surface area (Å²) in [7, 11) is 0. The molecule has 0 bridgehead atoms. The highest BCUT2D eigenvalue weighted by Crippen LogP contribution is 2.30. The summed E-state index contributed by atoms with van der Waals surface area (Å²) in [5.41, 5.74) is 0. The van der Waals surface area contributed by atoms with E-state index in [0.717, 1.165) is 44.9 Å². The summed E-state index contributed by atoms with van der Waals surface area (Å²) in [6, 6.07) is 0. The first-order chi connectivity index (χ1) is 23.1. The third-order valence-corrected chi connectivity index (χ3v) is 8.86. The zero-order valence-corrected chi connectivity index (χ0v) is 30.5. The topological polar surface area (TPSA) is 85.4 Å². The highest BCUT2D eigenvalue weighted by molar-refractivity contribution is 5.70. The molecule has 6 heteroatoms. The number of allylic oxidation sites excluding steroid dienone is 5. The van der Waals surface area contributed by atoms with Gasteiger partial charge < -0.3 is 19.3 Å². The number of esters is 2. The third kappa shape index (κ3) is 28.8. The molecule has 0 aromatic rings. The number of carbonyl (C=O) groups excluding carboxylic acids is 2. The molecule has 1 aliphatic heterocycles. The summed E-state index contributed by atoms with van der Waals surface area (Å²) < 4.78 is 16.3. The van der Waals surface area contributed by atoms with E-state index in [-0.39, 0.29) is 31.6 Å². The van der Waals surface area contributed by atoms with Crippen molar-refractivity contribution in [3.8, 4) is 0 Å². The van der Waals surface area contributed by atoms with Gasteiger partial charge in [0.05, 0.1) is 18.8 Å². The van der Waals surface area contributed by atoms with Gasteiger partial charge in [0.2, 0.25) is 0 Å². The summed E-state index contributed by atoms with van der Waals surface area (Å²) in [6.07, 6.45) is 42.4. The summed E-state index contributed by atoms with van der Waals surface area (Å²) >= 11 is 0. The molecule has 0 aliphatic carbocycles. The van der Waals surface area contributed by atoms with Crippen molar-refractivity contribution < 1.29 is 28.9 Å². The van der Waals surface area contributed by atoms with Crippen LogP contribution in [0.3, 0.4) is 0 Å². The molecule has 0 radical (unpaired) electrons. The molecule has 1 rings (SSSR count). The fourth-order valence-corrected chi connectivity index (χ4v) is 5.76. The lowest BCUT2D eigenvalue weighted by Gasteiger charge is -2.15. The Bertz CT molecular complexity index is 819. The number of hydrogen-bond acceptors (Lipinski definition) is 6. The molecule has 2 unspecified atom stereocenters. The molecule has 1 N–H and O–H groups in total. The zero-order chi connectivity index (χ0) is 34.0. The van der Waals surface area contributed by atoms with Crippen molar-refractivity contribution in [2.24, 2.45) is 0 Å². The second kappa shape index (κ2) is 32.6. The number of unbranched alkanes of at least 4 members (excludes halogenated alkanes) is 17. The van der Waals surface area contributed by atoms with Crippen LogP contribution in [0.2, 0.25) is 0 Å². The molecule has 0 saturated carbocycles. The van der Waals surface area contributed by atoms with Crippen molar-refractivity contribution in [1.29, 1.82) is 0 Å². The van der Waals surface area contributed by atoms with Crippen molar-refractivity contribution in [1.82, 2.24) is 0 Å². The molecule has 3 atom stereocenters. The van der Waals surface area contributed by atoms with E-state index in [4.69, 9.17) is 14.2 Å². The normalized spacial score (nSPS) is 16.8. The second-order valence-corrected chi connectivity index (χ2v) is 13.4. The largest absolute Gasteiger partial charge is 0.462 e. The standard InChI is InChI=1S/C41H72O6/c1-3-5-7-8-9-10-11-12-13-14-15-19-22-25-29-33-40(43)45-36-37(35-42)46-41(44)34-30-26-23-20-17-16-18-21-24-28-32-39-38(47-39)31-27-6-4-2/h16,18,20,23-24,28,37-39,42H,3-15,17,19,21-22,25-27,29-36H2,1-2H3/b18-16-,23-20-,28-24-/t37-,38?,39?/m0/s1. The molecule has 1 fully saturated rings. The van der Waals surface area contributed by atoms with Crippen molar-refractivity contribution in [2.75, 3.05) is 13.2 Å². The minimum atomic E-state index is -0.800. The number of aliphatic hydroxyl groups is 1. The van der Waals surface area contributed by atoms with Gasteiger partial charge in [-0.2, -0.15) is 0 Å². The molecule has 6 nitrogen and oxygen atoms in total. The molecule has 272 valence electrons. The fraction of sp³-hybridized carbons (Fsp3) is 0.805. The Morgan fingerprint density at radius 2 is 1.13 bits per heavy atom. The number of epoxide rings is 1. The summed E-state index contributed by atoms with van der Waals surface area (Å²) in [6.45, 7) is 4.06. The lowest BCUT2D eigenvalue weighted by molar-refractivity contribution is -0.161. The number of aliphatic hydroxyl groups excluding tert-OH is 1. The average molecular weight is 661 g/mol. The Morgan fingerprint density at radius 3 is 1.72 bits per heavy atom. The number of rotatable bonds is 34. The Labute approximate surface area is 289 Å². The summed E-state index contributed by atoms with van der Waals surface area (Å²) in [5.74, 6) is -0.657. The molecular weight excluding hydrogens is 588 g/mol. The van der Waals surface area contributed by atoms with E-state index < -0.39 is 6.10 Å². The molecular formula is C41H72O6. The molecule has 47 heavy (non-hydrogen) atoms. The van der Waals surface area contributed by atoms with E-state index in [0.29, 0.717) is 25.0 Å². The molecule has 0 aromatic carbocycles. The van der Waals surface area contributed by atoms with Crippen LogP contribution in [0.5, 0.6) is 0 Å². The zero-order valence-electron chi connectivity index (χ0n) is 30.5. The minimum Gasteiger partial charge on any atom is -0.462 e. The van der Waals surface area contributed by atoms with Gasteiger partial charge >= 0.3 is 11.9 Å². The highest BCUT2D eigenvalue weighted by atomic mass is 16.6. The van der Waals surface area contributed by atoms with E-state index in [1.165, 1.54) is 103 Å². The Kier molecular flexibility index (Phi) is 29.9. The van der Waals surface area contributed by atoms with Gasteiger partial charge in [0.15, 0.2) is 6.10 Å². The average Bonchev–Trinajstić information content (AvgIpc) is 3.83. The second-order valence-electron chi connectivity index (χ2n) is 13.4. The Morgan fingerprint density at radius 1 is 0.617 bits per heavy atom. The van der Waals surface area contributed by atoms with Crippen molar-refractivity contribution in [3.63, 3.8) is 0 Å². The summed E-state index contributed by atoms with van der Waals surface area (Å²) in [4.78, 5) is 24.2. The summed E-state index contributed by atoms with van der Waals surface area (Å²) in [5, 5.41) is 9.54. The van der Waals surface area contributed by atoms with Gasteiger partial charge in [0.1, 0.15) is 6.61 Å². The molecule has 0 aromatic heterocycles. The Hall–Kier alpha value is -1.92. The van der Waals surface area contributed by atoms with Gasteiger partial charge in [-0.25, -0.2) is 0 Å². The first-order valence-corrected chi connectivity index (χ1v) is 19.7. The van der Waals surface area contributed by atoms with Crippen LogP contribution in [0, 0.1) is 0 Å². The Balaban J connectivity index is 1.91. The van der Waals surface area contributed by atoms with Crippen LogP contribution in [0.1, 0.15) is 181 Å². The monoisotopic (exact) mass is 661 g/mol. The molecule has 1 heterocycles. The van der Waals surface area contributed by atoms with Crippen LogP contribution >= 0.6 is 0 Å². The lowest BCUT2D eigenvalue weighted by Crippen LogP contribution is -2.28. The number of hydrogen-bond donors (Lipinski definition) is 1. The van der Waals surface area contributed by atoms with E-state index in [2.05, 4.69) is 50.3 Å². The van der Waals surface area contributed by atoms with Crippen LogP contribution in [0.25, 0.3) is 0 Å². The predicted molar refractivity (Wildman–Crippen MR) is 195 cm³/mol. The first-order valence-electron chi connectivity index (χ1n) is 19.7. The minimum absolute atomic E-state index is 0.0881. The van der Waals surface area contributed by atoms with E-state index >= 15 is 0 Å². The van der Waals surface area contributed by atoms with Gasteiger partial charge in [-0.05, 0) is 44.9 Å². The lowest BCUT2D eigenvalue weighted by atomic mass is 10.0. The van der Waals surface area contributed by atoms with Gasteiger partial charge in [0, 0.05) is 12.8 Å². The van der Waals surface area contributed by atoms with Crippen LogP contribution < -0.4 is 0 Å². The molecule has 0 spiro atoms. The van der Waals surface area contributed by atoms with E-state index in [1.807, 2.05) is 0 Å². The van der Waals surface area contributed by atoms with Crippen LogP contribution in [-0.4, -0.2) is 48.6 Å². The van der Waals surface area contributed by atoms with Gasteiger partial charge in [-0.3, -0.25) is 9.59 Å². The van der Waals surface area contributed by atoms with E-state index in [1.54, 1.807) is 0 Å². The van der Waals surface area contributed by atoms with Crippen LogP contribution in [0.15, 0.2) is 36.5 Å². The fourth-order valence-electron chi connectivity index (χ4n) is 5.76. The maximum Gasteiger partial charge on any atom is 0.306 e. The van der Waals surface area contributed by atoms with Gasteiger partial charge in [0.25, 0.3) is 0 Å². The first kappa shape index (κ1) is 43.1. The molecule has 1 aliphatic rings. The highest BCUT2D eigenvalue weighted by Gasteiger charge is 2.36. The predicted octanol–water partition coefficient (Wildman–Crippen LogP) is 11.1. The van der Waals surface area contributed by atoms with Gasteiger partial charge in [-0.1, -0.05) is 159 Å². The van der Waals surface area contributed by atoms with Crippen molar-refractivity contribution >= 4 is 11.9 Å². The number of carbonyl (C=O) groups is 2. The maximum absolute atomic E-state index is 12.1. The van der Waals surface area contributed by atoms with Crippen molar-refractivity contribution in [2.45, 2.75) is 199 Å². The SMILES string of the molecule is CCCCCCCCCCCCCCCCCC(=O)OC[C@H](CO)OC(=O)CCC/C=C\C/C=C\C/C=C\CC1OC1CCCCC.